The van der Waals surface area contributed by atoms with E-state index in [1.807, 2.05) is 0 Å². The second-order valence-corrected chi connectivity index (χ2v) is 4.85. The smallest absolute Gasteiger partial charge is 0.147 e. The molecule has 0 aromatic rings. The summed E-state index contributed by atoms with van der Waals surface area (Å²) in [7, 11) is 0. The van der Waals surface area contributed by atoms with Crippen LogP contribution in [0.25, 0.3) is 0 Å². The molecule has 3 atom stereocenters. The van der Waals surface area contributed by atoms with Crippen molar-refractivity contribution < 1.29 is 14.6 Å². The summed E-state index contributed by atoms with van der Waals surface area (Å²) in [6.07, 6.45) is 6.15. The number of hydrogen-bond acceptors (Lipinski definition) is 4. The monoisotopic (exact) mass is 229 g/mol. The van der Waals surface area contributed by atoms with E-state index in [4.69, 9.17) is 9.47 Å². The number of nitrogens with one attached hydrogen (secondary N) is 1. The Labute approximate surface area is 97.3 Å². The predicted octanol–water partition coefficient (Wildman–Crippen LogP) is 0.890. The maximum Gasteiger partial charge on any atom is 0.147 e. The minimum Gasteiger partial charge on any atom is -0.396 e. The van der Waals surface area contributed by atoms with Crippen molar-refractivity contribution in [1.82, 2.24) is 5.32 Å². The molecule has 2 aliphatic rings. The van der Waals surface area contributed by atoms with E-state index >= 15 is 0 Å². The fourth-order valence-electron chi connectivity index (χ4n) is 2.64. The van der Waals surface area contributed by atoms with Crippen LogP contribution in [0.4, 0.5) is 0 Å². The summed E-state index contributed by atoms with van der Waals surface area (Å²) in [5, 5.41) is 12.9. The molecule has 2 N–H and O–H groups in total. The van der Waals surface area contributed by atoms with Gasteiger partial charge in [-0.1, -0.05) is 12.8 Å². The SMILES string of the molecule is OCC1CCCCC1NCC1CCOCO1. The molecular weight excluding hydrogens is 206 g/mol. The number of rotatable bonds is 4. The van der Waals surface area contributed by atoms with Gasteiger partial charge in [0.25, 0.3) is 0 Å². The lowest BCUT2D eigenvalue weighted by molar-refractivity contribution is -0.138. The molecule has 0 aromatic carbocycles. The van der Waals surface area contributed by atoms with Gasteiger partial charge < -0.3 is 19.9 Å². The van der Waals surface area contributed by atoms with E-state index in [0.717, 1.165) is 26.0 Å². The van der Waals surface area contributed by atoms with Crippen LogP contribution in [-0.4, -0.2) is 43.8 Å². The van der Waals surface area contributed by atoms with Crippen molar-refractivity contribution in [2.75, 3.05) is 26.6 Å². The summed E-state index contributed by atoms with van der Waals surface area (Å²) in [6, 6.07) is 0.477. The van der Waals surface area contributed by atoms with Gasteiger partial charge in [0.05, 0.1) is 12.7 Å². The van der Waals surface area contributed by atoms with Gasteiger partial charge in [-0.05, 0) is 25.2 Å². The van der Waals surface area contributed by atoms with Gasteiger partial charge in [-0.15, -0.1) is 0 Å². The molecule has 4 nitrogen and oxygen atoms in total. The lowest BCUT2D eigenvalue weighted by Crippen LogP contribution is -2.45. The molecule has 1 saturated carbocycles. The molecule has 2 rings (SSSR count). The van der Waals surface area contributed by atoms with E-state index in [2.05, 4.69) is 5.32 Å². The molecule has 2 fully saturated rings. The van der Waals surface area contributed by atoms with Gasteiger partial charge in [0.1, 0.15) is 6.79 Å². The molecule has 4 heteroatoms. The van der Waals surface area contributed by atoms with Crippen molar-refractivity contribution >= 4 is 0 Å². The molecule has 0 spiro atoms. The Kier molecular flexibility index (Phi) is 5.03. The van der Waals surface area contributed by atoms with Crippen LogP contribution in [0.15, 0.2) is 0 Å². The van der Waals surface area contributed by atoms with Crippen LogP contribution in [0.3, 0.4) is 0 Å². The molecule has 0 amide bonds. The molecule has 0 bridgehead atoms. The standard InChI is InChI=1S/C12H23NO3/c14-8-10-3-1-2-4-12(10)13-7-11-5-6-15-9-16-11/h10-14H,1-9H2. The lowest BCUT2D eigenvalue weighted by atomic mass is 9.85. The third-order valence-corrected chi connectivity index (χ3v) is 3.72. The van der Waals surface area contributed by atoms with Crippen LogP contribution in [0, 0.1) is 5.92 Å². The Morgan fingerprint density at radius 3 is 2.81 bits per heavy atom. The fourth-order valence-corrected chi connectivity index (χ4v) is 2.64. The summed E-state index contributed by atoms with van der Waals surface area (Å²) in [6.45, 7) is 2.44. The van der Waals surface area contributed by atoms with Crippen LogP contribution in [-0.2, 0) is 9.47 Å². The van der Waals surface area contributed by atoms with E-state index in [1.165, 1.54) is 19.3 Å². The number of aliphatic hydroxyl groups is 1. The second kappa shape index (κ2) is 6.55. The van der Waals surface area contributed by atoms with Crippen molar-refractivity contribution in [3.63, 3.8) is 0 Å². The van der Waals surface area contributed by atoms with Gasteiger partial charge in [-0.3, -0.25) is 0 Å². The molecule has 1 heterocycles. The summed E-state index contributed by atoms with van der Waals surface area (Å²) in [4.78, 5) is 0. The van der Waals surface area contributed by atoms with Crippen LogP contribution in [0.1, 0.15) is 32.1 Å². The first kappa shape index (κ1) is 12.3. The van der Waals surface area contributed by atoms with Crippen molar-refractivity contribution in [3.8, 4) is 0 Å². The zero-order chi connectivity index (χ0) is 11.2. The predicted molar refractivity (Wildman–Crippen MR) is 61.1 cm³/mol. The Bertz CT molecular complexity index is 195. The first-order chi connectivity index (χ1) is 7.90. The number of ether oxygens (including phenoxy) is 2. The van der Waals surface area contributed by atoms with Crippen LogP contribution >= 0.6 is 0 Å². The zero-order valence-corrected chi connectivity index (χ0v) is 9.86. The molecule has 94 valence electrons. The van der Waals surface area contributed by atoms with Crippen molar-refractivity contribution in [1.29, 1.82) is 0 Å². The van der Waals surface area contributed by atoms with Gasteiger partial charge in [0, 0.05) is 19.2 Å². The van der Waals surface area contributed by atoms with E-state index in [0.29, 0.717) is 25.4 Å². The highest BCUT2D eigenvalue weighted by Gasteiger charge is 2.25. The quantitative estimate of drug-likeness (QED) is 0.751. The molecular formula is C12H23NO3. The highest BCUT2D eigenvalue weighted by atomic mass is 16.7. The maximum absolute atomic E-state index is 9.31. The van der Waals surface area contributed by atoms with Crippen molar-refractivity contribution in [2.45, 2.75) is 44.2 Å². The minimum absolute atomic E-state index is 0.287. The highest BCUT2D eigenvalue weighted by molar-refractivity contribution is 4.81. The number of aliphatic hydroxyl groups excluding tert-OH is 1. The highest BCUT2D eigenvalue weighted by Crippen LogP contribution is 2.24. The van der Waals surface area contributed by atoms with Crippen LogP contribution in [0.5, 0.6) is 0 Å². The van der Waals surface area contributed by atoms with E-state index in [-0.39, 0.29) is 6.10 Å². The van der Waals surface area contributed by atoms with E-state index in [1.54, 1.807) is 0 Å². The van der Waals surface area contributed by atoms with Gasteiger partial charge >= 0.3 is 0 Å². The summed E-state index contributed by atoms with van der Waals surface area (Å²) < 4.78 is 10.6. The molecule has 0 aromatic heterocycles. The normalized spacial score (nSPS) is 36.2. The van der Waals surface area contributed by atoms with Crippen LogP contribution in [0.2, 0.25) is 0 Å². The third kappa shape index (κ3) is 3.42. The molecule has 1 aliphatic heterocycles. The maximum atomic E-state index is 9.31. The third-order valence-electron chi connectivity index (χ3n) is 3.72. The Morgan fingerprint density at radius 1 is 1.19 bits per heavy atom. The van der Waals surface area contributed by atoms with Crippen molar-refractivity contribution in [3.05, 3.63) is 0 Å². The Balaban J connectivity index is 1.70. The molecule has 0 radical (unpaired) electrons. The first-order valence-corrected chi connectivity index (χ1v) is 6.43. The topological polar surface area (TPSA) is 50.7 Å². The average molecular weight is 229 g/mol. The Hall–Kier alpha value is -0.160. The Morgan fingerprint density at radius 2 is 2.06 bits per heavy atom. The number of hydrogen-bond donors (Lipinski definition) is 2. The second-order valence-electron chi connectivity index (χ2n) is 4.85. The summed E-state index contributed by atoms with van der Waals surface area (Å²) in [5.74, 6) is 0.439. The zero-order valence-electron chi connectivity index (χ0n) is 9.86. The summed E-state index contributed by atoms with van der Waals surface area (Å²) in [5.41, 5.74) is 0. The lowest BCUT2D eigenvalue weighted by Gasteiger charge is -2.33. The molecule has 1 aliphatic carbocycles. The van der Waals surface area contributed by atoms with Crippen LogP contribution < -0.4 is 5.32 Å². The first-order valence-electron chi connectivity index (χ1n) is 6.43. The fraction of sp³-hybridized carbons (Fsp3) is 1.00. The van der Waals surface area contributed by atoms with E-state index < -0.39 is 0 Å². The van der Waals surface area contributed by atoms with Gasteiger partial charge in [-0.2, -0.15) is 0 Å². The van der Waals surface area contributed by atoms with Gasteiger partial charge in [0.2, 0.25) is 0 Å². The van der Waals surface area contributed by atoms with E-state index in [9.17, 15) is 5.11 Å². The summed E-state index contributed by atoms with van der Waals surface area (Å²) >= 11 is 0. The van der Waals surface area contributed by atoms with Gasteiger partial charge in [0.15, 0.2) is 0 Å². The molecule has 1 saturated heterocycles. The minimum atomic E-state index is 0.287. The van der Waals surface area contributed by atoms with Gasteiger partial charge in [-0.25, -0.2) is 0 Å². The molecule has 3 unspecified atom stereocenters. The molecule has 16 heavy (non-hydrogen) atoms. The largest absolute Gasteiger partial charge is 0.396 e. The van der Waals surface area contributed by atoms with Crippen molar-refractivity contribution in [2.24, 2.45) is 5.92 Å². The average Bonchev–Trinajstić information content (AvgIpc) is 2.38.